The molecule has 0 spiro atoms. The van der Waals surface area contributed by atoms with Crippen molar-refractivity contribution in [2.24, 2.45) is 0 Å². The number of aliphatic carboxylic acids is 1. The van der Waals surface area contributed by atoms with Gasteiger partial charge in [0.25, 0.3) is 0 Å². The van der Waals surface area contributed by atoms with Crippen LogP contribution in [0.5, 0.6) is 0 Å². The second kappa shape index (κ2) is 97.5. The standard InChI is InChI=1S/C3H6O2.3C2H5O.4H3N/c1-2-3(4)5;3*1-2-3;;;;/h2H2,1H3,(H,4,5);3*2H2,1H3;4*1H3/q;3*-1;;;;/p+3. The first-order chi connectivity index (χ1) is 6.51. The molecule has 122 valence electrons. The van der Waals surface area contributed by atoms with E-state index in [2.05, 4.69) is 0 Å². The Morgan fingerprint density at radius 1 is 0.722 bits per heavy atom. The van der Waals surface area contributed by atoms with Crippen molar-refractivity contribution in [3.05, 3.63) is 0 Å². The lowest BCUT2D eigenvalue weighted by Crippen LogP contribution is -2.19. The molecule has 9 heteroatoms. The number of carboxylic acids is 1. The predicted molar refractivity (Wildman–Crippen MR) is 70.9 cm³/mol. The lowest BCUT2D eigenvalue weighted by molar-refractivity contribution is -0.362. The Kier molecular flexibility index (Phi) is 289. The van der Waals surface area contributed by atoms with Crippen molar-refractivity contribution in [3.63, 3.8) is 0 Å². The van der Waals surface area contributed by atoms with Crippen molar-refractivity contribution < 1.29 is 25.2 Å². The molecule has 0 bridgehead atoms. The van der Waals surface area contributed by atoms with E-state index in [1.54, 1.807) is 20.8 Å². The van der Waals surface area contributed by atoms with Crippen LogP contribution < -0.4 is 45.0 Å². The summed E-state index contributed by atoms with van der Waals surface area (Å²) in [6.07, 6.45) is 0.111. The fourth-order valence-electron chi connectivity index (χ4n) is 0. The van der Waals surface area contributed by atoms with E-state index in [1.807, 2.05) is 0 Å². The number of rotatable bonds is 1. The molecule has 0 saturated carbocycles. The molecular formula is C9H36N4O5. The van der Waals surface area contributed by atoms with Crippen LogP contribution in [0.15, 0.2) is 0 Å². The Morgan fingerprint density at radius 2 is 0.778 bits per heavy atom. The second-order valence-corrected chi connectivity index (χ2v) is 1.59. The Morgan fingerprint density at radius 3 is 0.778 bits per heavy atom. The highest BCUT2D eigenvalue weighted by molar-refractivity contribution is 5.63. The van der Waals surface area contributed by atoms with Crippen molar-refractivity contribution >= 4 is 5.97 Å². The lowest BCUT2D eigenvalue weighted by Gasteiger charge is -1.87. The van der Waals surface area contributed by atoms with Crippen molar-refractivity contribution in [2.45, 2.75) is 34.1 Å². The van der Waals surface area contributed by atoms with Gasteiger partial charge in [0.2, 0.25) is 0 Å². The third-order valence-electron chi connectivity index (χ3n) is 0.289. The Balaban J connectivity index is -0.0000000118. The summed E-state index contributed by atoms with van der Waals surface area (Å²) >= 11 is 0. The predicted octanol–water partition coefficient (Wildman–Crippen LogP) is -1.25. The van der Waals surface area contributed by atoms with E-state index in [1.165, 1.54) is 6.92 Å². The van der Waals surface area contributed by atoms with Crippen LogP contribution in [0.4, 0.5) is 0 Å². The third-order valence-corrected chi connectivity index (χ3v) is 0.289. The molecule has 0 aliphatic heterocycles. The largest absolute Gasteiger partial charge is 0.855 e. The first kappa shape index (κ1) is 53.4. The van der Waals surface area contributed by atoms with Crippen LogP contribution in [-0.4, -0.2) is 25.8 Å². The van der Waals surface area contributed by atoms with E-state index in [-0.39, 0.29) is 50.8 Å². The molecule has 0 radical (unpaired) electrons. The van der Waals surface area contributed by atoms with Crippen LogP contribution >= 0.6 is 0 Å². The minimum Gasteiger partial charge on any atom is -0.855 e. The summed E-state index contributed by atoms with van der Waals surface area (Å²) in [4.78, 5) is 9.26. The van der Waals surface area contributed by atoms with Gasteiger partial charge in [-0.15, -0.1) is 19.8 Å². The van der Waals surface area contributed by atoms with E-state index in [4.69, 9.17) is 15.3 Å². The summed E-state index contributed by atoms with van der Waals surface area (Å²) < 4.78 is 0. The topological polar surface area (TPSA) is 255 Å². The van der Waals surface area contributed by atoms with Crippen LogP contribution in [0.25, 0.3) is 0 Å². The molecule has 0 aromatic heterocycles. The average molecular weight is 280 g/mol. The first-order valence-electron chi connectivity index (χ1n) is 4.46. The van der Waals surface area contributed by atoms with Gasteiger partial charge in [-0.1, -0.05) is 27.7 Å². The van der Waals surface area contributed by atoms with Crippen LogP contribution in [0.3, 0.4) is 0 Å². The number of carbonyl (C=O) groups is 1. The average Bonchev–Trinajstić information content (AvgIpc) is 2.08. The zero-order valence-corrected chi connectivity index (χ0v) is 13.4. The molecule has 0 fully saturated rings. The Bertz CT molecular complexity index is 84.6. The van der Waals surface area contributed by atoms with Gasteiger partial charge in [0.05, 0.1) is 0 Å². The summed E-state index contributed by atoms with van der Waals surface area (Å²) in [7, 11) is 0. The van der Waals surface area contributed by atoms with Gasteiger partial charge in [0.15, 0.2) is 0 Å². The highest BCUT2D eigenvalue weighted by Gasteiger charge is 1.65. The summed E-state index contributed by atoms with van der Waals surface area (Å²) in [6.45, 7) is 6.25. The van der Waals surface area contributed by atoms with E-state index in [0.717, 1.165) is 0 Å². The van der Waals surface area contributed by atoms with E-state index in [0.29, 0.717) is 0 Å². The van der Waals surface area contributed by atoms with Gasteiger partial charge < -0.3 is 49.8 Å². The molecule has 0 rings (SSSR count). The molecule has 18 heavy (non-hydrogen) atoms. The van der Waals surface area contributed by atoms with Crippen LogP contribution in [0, 0.1) is 0 Å². The third kappa shape index (κ3) is 2160. The highest BCUT2D eigenvalue weighted by atomic mass is 16.4. The summed E-state index contributed by atoms with van der Waals surface area (Å²) in [5.41, 5.74) is 0. The normalized spacial score (nSPS) is 5.06. The van der Waals surface area contributed by atoms with Crippen LogP contribution in [-0.2, 0) is 4.79 Å². The second-order valence-electron chi connectivity index (χ2n) is 1.59. The van der Waals surface area contributed by atoms with Gasteiger partial charge in [-0.2, -0.15) is 0 Å². The molecule has 0 aromatic carbocycles. The monoisotopic (exact) mass is 280 g/mol. The number of hydrogen-bond acceptors (Lipinski definition) is 5. The minimum atomic E-state index is -0.995. The molecule has 0 saturated heterocycles. The number of carboxylic acid groups (broad SMARTS) is 1. The van der Waals surface area contributed by atoms with Crippen LogP contribution in [0.1, 0.15) is 34.1 Å². The van der Waals surface area contributed by atoms with E-state index in [9.17, 15) is 9.90 Å². The van der Waals surface area contributed by atoms with E-state index >= 15 is 0 Å². The van der Waals surface area contributed by atoms with Crippen molar-refractivity contribution in [2.75, 3.05) is 19.8 Å². The fourth-order valence-corrected chi connectivity index (χ4v) is 0. The van der Waals surface area contributed by atoms with Gasteiger partial charge in [-0.25, -0.2) is 0 Å². The Hall–Kier alpha value is -0.810. The summed E-state index contributed by atoms with van der Waals surface area (Å²) in [6, 6.07) is 0. The van der Waals surface area contributed by atoms with E-state index < -0.39 is 5.97 Å². The number of quaternary nitrogens is 4. The van der Waals surface area contributed by atoms with Gasteiger partial charge >= 0.3 is 0 Å². The smallest absolute Gasteiger partial charge is 0.0411 e. The van der Waals surface area contributed by atoms with Gasteiger partial charge in [-0.3, -0.25) is 0 Å². The molecule has 0 atom stereocenters. The molecule has 0 heterocycles. The van der Waals surface area contributed by atoms with Gasteiger partial charge in [-0.05, 0) is 6.42 Å². The first-order valence-corrected chi connectivity index (χ1v) is 4.46. The SMILES string of the molecule is CCC(=O)[O-].CC[O-].CC[O-].CC[O-].[NH4+].[NH4+].[NH4+].[NH4+]. The molecule has 9 nitrogen and oxygen atoms in total. The van der Waals surface area contributed by atoms with Crippen molar-refractivity contribution in [1.82, 2.24) is 24.6 Å². The number of hydrogen-bond donors (Lipinski definition) is 4. The summed E-state index contributed by atoms with van der Waals surface area (Å²) in [5.74, 6) is -0.995. The Labute approximate surface area is 111 Å². The maximum atomic E-state index is 9.26. The molecule has 0 aliphatic carbocycles. The fraction of sp³-hybridized carbons (Fsp3) is 0.889. The minimum absolute atomic E-state index is 0. The maximum absolute atomic E-state index is 9.26. The van der Waals surface area contributed by atoms with Crippen molar-refractivity contribution in [3.8, 4) is 0 Å². The lowest BCUT2D eigenvalue weighted by atomic mass is 10.5. The van der Waals surface area contributed by atoms with Gasteiger partial charge in [0.1, 0.15) is 0 Å². The molecule has 0 unspecified atom stereocenters. The van der Waals surface area contributed by atoms with Gasteiger partial charge in [0, 0.05) is 5.97 Å². The molecular weight excluding hydrogens is 244 g/mol. The summed E-state index contributed by atoms with van der Waals surface area (Å²) in [5, 5.41) is 36.0. The van der Waals surface area contributed by atoms with Crippen molar-refractivity contribution in [1.29, 1.82) is 0 Å². The zero-order valence-electron chi connectivity index (χ0n) is 13.4. The zero-order chi connectivity index (χ0) is 12.4. The quantitative estimate of drug-likeness (QED) is 0.457. The molecule has 16 N–H and O–H groups in total. The molecule has 0 aliphatic rings. The maximum Gasteiger partial charge on any atom is 0.0411 e. The molecule has 0 aromatic rings. The molecule has 0 amide bonds. The van der Waals surface area contributed by atoms with Crippen LogP contribution in [0.2, 0.25) is 0 Å². The number of carbonyl (C=O) groups excluding carboxylic acids is 1. The highest BCUT2D eigenvalue weighted by Crippen LogP contribution is 1.61.